The molecule has 0 bridgehead atoms. The number of esters is 2. The first kappa shape index (κ1) is 66.8. The van der Waals surface area contributed by atoms with E-state index in [4.69, 9.17) is 55.8 Å². The Morgan fingerprint density at radius 3 is 1.19 bits per heavy atom. The van der Waals surface area contributed by atoms with Crippen molar-refractivity contribution in [2.45, 2.75) is 132 Å². The Morgan fingerprint density at radius 1 is 0.633 bits per heavy atom. The highest BCUT2D eigenvalue weighted by Gasteiger charge is 2.66. The predicted molar refractivity (Wildman–Crippen MR) is 260 cm³/mol. The Morgan fingerprint density at radius 2 is 0.924 bits per heavy atom. The molecule has 6 rings (SSSR count). The molecule has 0 spiro atoms. The highest BCUT2D eigenvalue weighted by atomic mass is 35.9. The van der Waals surface area contributed by atoms with Crippen LogP contribution in [0.25, 0.3) is 0 Å². The molecule has 79 heavy (non-hydrogen) atoms. The lowest BCUT2D eigenvalue weighted by molar-refractivity contribution is -0.207. The van der Waals surface area contributed by atoms with E-state index in [-0.39, 0.29) is 13.2 Å². The number of halogens is 5. The van der Waals surface area contributed by atoms with Gasteiger partial charge in [-0.15, -0.1) is 0 Å². The van der Waals surface area contributed by atoms with E-state index in [0.717, 1.165) is 62.1 Å². The molecule has 32 nitrogen and oxygen atoms in total. The van der Waals surface area contributed by atoms with Crippen molar-refractivity contribution in [3.63, 3.8) is 0 Å². The first-order valence-corrected chi connectivity index (χ1v) is 27.9. The summed E-state index contributed by atoms with van der Waals surface area (Å²) in [6.45, 7) is 5.03. The molecule has 6 heterocycles. The van der Waals surface area contributed by atoms with Gasteiger partial charge in [-0.25, -0.2) is 37.7 Å². The number of H-pyrrole nitrogens is 3. The Labute approximate surface area is 450 Å². The van der Waals surface area contributed by atoms with Gasteiger partial charge in [0, 0.05) is 36.8 Å². The Hall–Kier alpha value is -4.75. The van der Waals surface area contributed by atoms with Crippen LogP contribution in [0.1, 0.15) is 67.1 Å². The zero-order valence-electron chi connectivity index (χ0n) is 42.3. The summed E-state index contributed by atoms with van der Waals surface area (Å²) in [6.07, 6.45) is -13.0. The molecule has 3 aromatic rings. The molecule has 3 saturated heterocycles. The number of carbonyl (C=O) groups excluding carboxylic acids is 2. The van der Waals surface area contributed by atoms with Crippen LogP contribution in [-0.2, 0) is 51.5 Å². The number of nitrogens with one attached hydrogen (secondary N) is 5. The van der Waals surface area contributed by atoms with Crippen molar-refractivity contribution in [3.8, 4) is 0 Å². The van der Waals surface area contributed by atoms with Crippen molar-refractivity contribution < 1.29 is 100 Å². The molecule has 0 saturated carbocycles. The summed E-state index contributed by atoms with van der Waals surface area (Å²) in [4.78, 5) is 98.6. The standard InChI is InChI=1S/C20H32FN4O11P.C10H12Cl2FN2O7P.C10H13FN2O6/c1-6-33-14(27)11(3)23-37(32,24-12(4)15(28)34-7-2)35-10-20(21)16(29)19(5,31)17(36-20)25-9-8-13(26)22-18(25)30;1-9(19)6(17)10(13,4-21-23(11,12)20)22-7(9)15-3-2-5(16)14-8(15)18;1-9(18)6(16)10(11,4-14)19-7(9)13-3-2-5(15)12-8(13)17/h8-9,11-12,16-17,29,31H,6-7,10H2,1-5H3,(H,22,26,30)(H2,23,24,32);2-3,6-7,17,19H,4H2,1H3,(H,14,16,18);2-3,6-7,14,16,18H,4H2,1H3,(H,12,15,17)/t11-,12-,16-,17+,19+,20+;2*6-,7+,9+,10+/m000/s1. The minimum Gasteiger partial charge on any atom is -0.465 e. The summed E-state index contributed by atoms with van der Waals surface area (Å²) < 4.78 is 105. The van der Waals surface area contributed by atoms with E-state index < -0.39 is 163 Å². The largest absolute Gasteiger partial charge is 0.465 e. The van der Waals surface area contributed by atoms with Crippen molar-refractivity contribution in [1.82, 2.24) is 38.8 Å². The molecule has 0 unspecified atom stereocenters. The van der Waals surface area contributed by atoms with Gasteiger partial charge in [0.15, 0.2) is 18.7 Å². The van der Waals surface area contributed by atoms with Crippen molar-refractivity contribution in [1.29, 1.82) is 0 Å². The molecule has 0 amide bonds. The fraction of sp³-hybridized carbons (Fsp3) is 0.650. The molecule has 0 aliphatic carbocycles. The van der Waals surface area contributed by atoms with Gasteiger partial charge in [-0.1, -0.05) is 0 Å². The first-order valence-electron chi connectivity index (χ1n) is 22.8. The van der Waals surface area contributed by atoms with E-state index in [1.165, 1.54) is 13.8 Å². The number of alkyl halides is 3. The zero-order chi connectivity index (χ0) is 60.2. The summed E-state index contributed by atoms with van der Waals surface area (Å²) in [7, 11) is -4.49. The monoisotopic (exact) mass is 1220 g/mol. The predicted octanol–water partition coefficient (Wildman–Crippen LogP) is -2.67. The van der Waals surface area contributed by atoms with Crippen molar-refractivity contribution in [2.24, 2.45) is 0 Å². The number of rotatable bonds is 18. The van der Waals surface area contributed by atoms with Gasteiger partial charge in [0.2, 0.25) is 0 Å². The van der Waals surface area contributed by atoms with Crippen LogP contribution < -0.4 is 43.9 Å². The molecule has 3 fully saturated rings. The lowest BCUT2D eigenvalue weighted by Gasteiger charge is -2.30. The molecule has 12 N–H and O–H groups in total. The molecule has 3 aliphatic rings. The number of ether oxygens (including phenoxy) is 5. The molecular formula is C40H57Cl2F3N8O24P2. The number of aliphatic hydroxyl groups excluding tert-OH is 4. The van der Waals surface area contributed by atoms with Crippen LogP contribution in [0.2, 0.25) is 0 Å². The molecular weight excluding hydrogens is 1170 g/mol. The maximum absolute atomic E-state index is 15.8. The molecule has 446 valence electrons. The van der Waals surface area contributed by atoms with E-state index in [1.807, 2.05) is 15.0 Å². The minimum absolute atomic E-state index is 0.0108. The lowest BCUT2D eigenvalue weighted by atomic mass is 9.95. The van der Waals surface area contributed by atoms with Crippen LogP contribution in [0.3, 0.4) is 0 Å². The number of aliphatic hydroxyl groups is 7. The molecule has 3 aliphatic heterocycles. The van der Waals surface area contributed by atoms with E-state index in [9.17, 15) is 86.9 Å². The van der Waals surface area contributed by atoms with Gasteiger partial charge in [-0.3, -0.25) is 66.3 Å². The Balaban J connectivity index is 0.000000273. The zero-order valence-corrected chi connectivity index (χ0v) is 45.6. The summed E-state index contributed by atoms with van der Waals surface area (Å²) >= 11 is 10.3. The molecule has 3 aromatic heterocycles. The van der Waals surface area contributed by atoms with Crippen LogP contribution >= 0.6 is 36.2 Å². The number of nitrogens with zero attached hydrogens (tertiary/aromatic N) is 3. The van der Waals surface area contributed by atoms with Gasteiger partial charge in [-0.2, -0.15) is 0 Å². The summed E-state index contributed by atoms with van der Waals surface area (Å²) in [5.41, 5.74) is -12.0. The number of hydrogen-bond acceptors (Lipinski definition) is 24. The number of aromatic amines is 3. The molecule has 14 atom stereocenters. The van der Waals surface area contributed by atoms with Crippen molar-refractivity contribution in [2.75, 3.05) is 33.0 Å². The second-order valence-electron chi connectivity index (χ2n) is 18.1. The first-order chi connectivity index (χ1) is 36.2. The normalized spacial score (nSPS) is 32.2. The highest BCUT2D eigenvalue weighted by Crippen LogP contribution is 2.59. The van der Waals surface area contributed by atoms with E-state index in [1.54, 1.807) is 13.8 Å². The van der Waals surface area contributed by atoms with Gasteiger partial charge in [0.1, 0.15) is 67.0 Å². The fourth-order valence-corrected chi connectivity index (χ4v) is 10.1. The quantitative estimate of drug-likeness (QED) is 0.0456. The molecule has 0 radical (unpaired) electrons. The van der Waals surface area contributed by atoms with E-state index in [2.05, 4.69) is 14.7 Å². The van der Waals surface area contributed by atoms with Gasteiger partial charge in [0.05, 0.1) is 13.2 Å². The maximum atomic E-state index is 15.8. The number of aromatic nitrogens is 6. The van der Waals surface area contributed by atoms with E-state index >= 15 is 4.39 Å². The van der Waals surface area contributed by atoms with Crippen LogP contribution in [0.15, 0.2) is 65.6 Å². The van der Waals surface area contributed by atoms with Crippen LogP contribution in [0, 0.1) is 0 Å². The number of carbonyl (C=O) groups is 2. The van der Waals surface area contributed by atoms with Gasteiger partial charge >= 0.3 is 42.8 Å². The average molecular weight is 1220 g/mol. The lowest BCUT2D eigenvalue weighted by Crippen LogP contribution is -2.50. The third-order valence-corrected chi connectivity index (χ3v) is 14.7. The second kappa shape index (κ2) is 25.2. The van der Waals surface area contributed by atoms with Crippen molar-refractivity contribution >= 4 is 48.2 Å². The van der Waals surface area contributed by atoms with Crippen LogP contribution in [0.5, 0.6) is 0 Å². The smallest absolute Gasteiger partial charge is 0.380 e. The van der Waals surface area contributed by atoms with Crippen molar-refractivity contribution in [3.05, 3.63) is 99.3 Å². The van der Waals surface area contributed by atoms with E-state index in [0.29, 0.717) is 9.13 Å². The summed E-state index contributed by atoms with van der Waals surface area (Å²) in [5.74, 6) is -10.9. The molecule has 39 heteroatoms. The minimum atomic E-state index is -4.49. The highest BCUT2D eigenvalue weighted by molar-refractivity contribution is 8.05. The van der Waals surface area contributed by atoms with Crippen LogP contribution in [-0.4, -0.2) is 174 Å². The average Bonchev–Trinajstić information content (AvgIpc) is 3.99. The second-order valence-corrected chi connectivity index (χ2v) is 24.2. The SMILES string of the molecule is CCOC(=O)[C@H](C)NP(=O)(N[C@@H](C)C(=O)OCC)OC[C@@]1(F)O[C@@H](n2ccc(=O)[nH]c2=O)[C@](C)(O)[C@@H]1O.C[C@]1(O)[C@H](n2ccc(=O)[nH]c2=O)O[C@](F)(CO)[C@H]1O.C[C@]1(O)[C@H](n2ccc(=O)[nH]c2=O)O[C@](F)(COP(=O)(Cl)Cl)[C@H]1O. The Bertz CT molecular complexity index is 3110. The summed E-state index contributed by atoms with van der Waals surface area (Å²) in [6, 6.07) is 0.316. The third kappa shape index (κ3) is 15.2. The van der Waals surface area contributed by atoms with Gasteiger partial charge < -0.3 is 64.0 Å². The maximum Gasteiger partial charge on any atom is 0.380 e. The third-order valence-electron chi connectivity index (χ3n) is 11.7. The molecule has 0 aromatic carbocycles. The topological polar surface area (TPSA) is 463 Å². The fourth-order valence-electron chi connectivity index (χ4n) is 7.63. The Kier molecular flexibility index (Phi) is 21.3. The number of hydrogen-bond donors (Lipinski definition) is 12. The van der Waals surface area contributed by atoms with Crippen LogP contribution in [0.4, 0.5) is 13.2 Å². The van der Waals surface area contributed by atoms with Gasteiger partial charge in [0.25, 0.3) is 34.2 Å². The summed E-state index contributed by atoms with van der Waals surface area (Å²) in [5, 5.41) is 74.8. The van der Waals surface area contributed by atoms with Gasteiger partial charge in [-0.05, 0) is 70.9 Å².